The highest BCUT2D eigenvalue weighted by atomic mass is 15.1. The van der Waals surface area contributed by atoms with Gasteiger partial charge in [0.25, 0.3) is 0 Å². The van der Waals surface area contributed by atoms with Gasteiger partial charge in [0.2, 0.25) is 0 Å². The molecule has 2 heteroatoms. The second kappa shape index (κ2) is 9.15. The molecule has 0 saturated heterocycles. The Bertz CT molecular complexity index is 265. The van der Waals surface area contributed by atoms with Crippen LogP contribution in [-0.2, 0) is 0 Å². The van der Waals surface area contributed by atoms with E-state index in [0.29, 0.717) is 11.5 Å². The van der Waals surface area contributed by atoms with Crippen LogP contribution in [-0.4, -0.2) is 37.1 Å². The average Bonchev–Trinajstić information content (AvgIpc) is 2.47. The van der Waals surface area contributed by atoms with Crippen LogP contribution in [0, 0.1) is 11.3 Å². The Morgan fingerprint density at radius 1 is 1.10 bits per heavy atom. The standard InChI is InChI=1S/C19H40N2/c1-7-19(4,5)17-10-12-18(13-11-17)20-14-8-9-15-21(6)16(2)3/h16-18,20H,7-15H2,1-6H3. The van der Waals surface area contributed by atoms with Crippen LogP contribution in [0.2, 0.25) is 0 Å². The summed E-state index contributed by atoms with van der Waals surface area (Å²) in [6, 6.07) is 1.46. The highest BCUT2D eigenvalue weighted by Crippen LogP contribution is 2.40. The van der Waals surface area contributed by atoms with Gasteiger partial charge in [-0.1, -0.05) is 27.2 Å². The van der Waals surface area contributed by atoms with Crippen molar-refractivity contribution in [2.45, 2.75) is 91.6 Å². The molecule has 0 aromatic carbocycles. The second-order valence-electron chi connectivity index (χ2n) is 8.13. The predicted octanol–water partition coefficient (Wildman–Crippen LogP) is 4.69. The summed E-state index contributed by atoms with van der Waals surface area (Å²) in [6.45, 7) is 14.2. The van der Waals surface area contributed by atoms with Crippen LogP contribution in [0.15, 0.2) is 0 Å². The summed E-state index contributed by atoms with van der Waals surface area (Å²) < 4.78 is 0. The van der Waals surface area contributed by atoms with Crippen LogP contribution in [0.4, 0.5) is 0 Å². The molecule has 0 spiro atoms. The summed E-state index contributed by atoms with van der Waals surface area (Å²) in [5.74, 6) is 0.945. The maximum Gasteiger partial charge on any atom is 0.00672 e. The average molecular weight is 297 g/mol. The van der Waals surface area contributed by atoms with E-state index in [0.717, 1.165) is 12.0 Å². The van der Waals surface area contributed by atoms with Crippen LogP contribution in [0.25, 0.3) is 0 Å². The zero-order chi connectivity index (χ0) is 15.9. The maximum atomic E-state index is 3.80. The van der Waals surface area contributed by atoms with Crippen molar-refractivity contribution in [1.82, 2.24) is 10.2 Å². The summed E-state index contributed by atoms with van der Waals surface area (Å²) in [6.07, 6.45) is 9.58. The van der Waals surface area contributed by atoms with E-state index in [1.807, 2.05) is 0 Å². The predicted molar refractivity (Wildman–Crippen MR) is 94.8 cm³/mol. The van der Waals surface area contributed by atoms with E-state index >= 15 is 0 Å². The van der Waals surface area contributed by atoms with Crippen LogP contribution >= 0.6 is 0 Å². The Balaban J connectivity index is 2.08. The van der Waals surface area contributed by atoms with Crippen molar-refractivity contribution < 1.29 is 0 Å². The van der Waals surface area contributed by atoms with Gasteiger partial charge in [0.1, 0.15) is 0 Å². The monoisotopic (exact) mass is 296 g/mol. The Morgan fingerprint density at radius 2 is 1.71 bits per heavy atom. The SMILES string of the molecule is CCC(C)(C)C1CCC(NCCCCN(C)C(C)C)CC1. The number of hydrogen-bond donors (Lipinski definition) is 1. The molecule has 0 unspecified atom stereocenters. The van der Waals surface area contributed by atoms with Gasteiger partial charge in [-0.25, -0.2) is 0 Å². The van der Waals surface area contributed by atoms with Gasteiger partial charge < -0.3 is 10.2 Å². The fourth-order valence-corrected chi connectivity index (χ4v) is 3.42. The van der Waals surface area contributed by atoms with Gasteiger partial charge in [-0.2, -0.15) is 0 Å². The third-order valence-corrected chi connectivity index (χ3v) is 6.00. The molecule has 0 aliphatic heterocycles. The topological polar surface area (TPSA) is 15.3 Å². The molecule has 0 aromatic rings. The van der Waals surface area contributed by atoms with Gasteiger partial charge in [0, 0.05) is 12.1 Å². The summed E-state index contributed by atoms with van der Waals surface area (Å²) in [7, 11) is 2.23. The highest BCUT2D eigenvalue weighted by Gasteiger charge is 2.31. The lowest BCUT2D eigenvalue weighted by molar-refractivity contribution is 0.137. The highest BCUT2D eigenvalue weighted by molar-refractivity contribution is 4.84. The maximum absolute atomic E-state index is 3.80. The first kappa shape index (κ1) is 19.0. The van der Waals surface area contributed by atoms with E-state index in [-0.39, 0.29) is 0 Å². The molecule has 126 valence electrons. The van der Waals surface area contributed by atoms with Gasteiger partial charge in [-0.15, -0.1) is 0 Å². The molecular formula is C19H40N2. The van der Waals surface area contributed by atoms with Crippen molar-refractivity contribution in [2.75, 3.05) is 20.1 Å². The number of nitrogens with zero attached hydrogens (tertiary/aromatic N) is 1. The minimum atomic E-state index is 0.548. The van der Waals surface area contributed by atoms with Crippen molar-refractivity contribution >= 4 is 0 Å². The van der Waals surface area contributed by atoms with Gasteiger partial charge >= 0.3 is 0 Å². The first-order valence-corrected chi connectivity index (χ1v) is 9.30. The lowest BCUT2D eigenvalue weighted by Gasteiger charge is -2.39. The molecule has 1 aliphatic carbocycles. The van der Waals surface area contributed by atoms with E-state index in [4.69, 9.17) is 0 Å². The number of hydrogen-bond acceptors (Lipinski definition) is 2. The molecule has 2 nitrogen and oxygen atoms in total. The fraction of sp³-hybridized carbons (Fsp3) is 1.00. The van der Waals surface area contributed by atoms with Crippen molar-refractivity contribution in [3.8, 4) is 0 Å². The quantitative estimate of drug-likeness (QED) is 0.621. The Labute approximate surface area is 134 Å². The second-order valence-corrected chi connectivity index (χ2v) is 8.13. The van der Waals surface area contributed by atoms with E-state index in [9.17, 15) is 0 Å². The summed E-state index contributed by atoms with van der Waals surface area (Å²) in [5.41, 5.74) is 0.548. The van der Waals surface area contributed by atoms with Gasteiger partial charge in [-0.05, 0) is 83.8 Å². The van der Waals surface area contributed by atoms with Crippen molar-refractivity contribution in [2.24, 2.45) is 11.3 Å². The molecule has 0 heterocycles. The molecule has 21 heavy (non-hydrogen) atoms. The van der Waals surface area contributed by atoms with Crippen LogP contribution < -0.4 is 5.32 Å². The smallest absolute Gasteiger partial charge is 0.00672 e. The molecule has 1 fully saturated rings. The lowest BCUT2D eigenvalue weighted by Crippen LogP contribution is -2.37. The van der Waals surface area contributed by atoms with Crippen molar-refractivity contribution in [1.29, 1.82) is 0 Å². The number of unbranched alkanes of at least 4 members (excludes halogenated alkanes) is 1. The van der Waals surface area contributed by atoms with Gasteiger partial charge in [0.05, 0.1) is 0 Å². The molecule has 0 amide bonds. The minimum absolute atomic E-state index is 0.548. The first-order chi connectivity index (χ1) is 9.86. The van der Waals surface area contributed by atoms with Crippen molar-refractivity contribution in [3.63, 3.8) is 0 Å². The summed E-state index contributed by atoms with van der Waals surface area (Å²) >= 11 is 0. The third kappa shape index (κ3) is 6.69. The minimum Gasteiger partial charge on any atom is -0.314 e. The van der Waals surface area contributed by atoms with E-state index < -0.39 is 0 Å². The van der Waals surface area contributed by atoms with Gasteiger partial charge in [0.15, 0.2) is 0 Å². The van der Waals surface area contributed by atoms with Crippen LogP contribution in [0.1, 0.15) is 79.6 Å². The molecule has 0 radical (unpaired) electrons. The number of rotatable bonds is 9. The van der Waals surface area contributed by atoms with E-state index in [1.165, 1.54) is 58.0 Å². The zero-order valence-corrected chi connectivity index (χ0v) is 15.5. The molecule has 0 atom stereocenters. The number of nitrogens with one attached hydrogen (secondary N) is 1. The fourth-order valence-electron chi connectivity index (χ4n) is 3.42. The van der Waals surface area contributed by atoms with Gasteiger partial charge in [-0.3, -0.25) is 0 Å². The molecule has 0 bridgehead atoms. The molecule has 1 N–H and O–H groups in total. The summed E-state index contributed by atoms with van der Waals surface area (Å²) in [5, 5.41) is 3.80. The third-order valence-electron chi connectivity index (χ3n) is 6.00. The molecular weight excluding hydrogens is 256 g/mol. The first-order valence-electron chi connectivity index (χ1n) is 9.30. The van der Waals surface area contributed by atoms with Crippen LogP contribution in [0.3, 0.4) is 0 Å². The lowest BCUT2D eigenvalue weighted by atomic mass is 9.69. The Kier molecular flexibility index (Phi) is 8.26. The van der Waals surface area contributed by atoms with E-state index in [2.05, 4.69) is 51.9 Å². The largest absolute Gasteiger partial charge is 0.314 e. The Hall–Kier alpha value is -0.0800. The van der Waals surface area contributed by atoms with E-state index in [1.54, 1.807) is 0 Å². The molecule has 0 aromatic heterocycles. The zero-order valence-electron chi connectivity index (χ0n) is 15.5. The molecule has 1 aliphatic rings. The molecule has 1 saturated carbocycles. The molecule has 1 rings (SSSR count). The Morgan fingerprint density at radius 3 is 2.24 bits per heavy atom. The summed E-state index contributed by atoms with van der Waals surface area (Å²) in [4.78, 5) is 2.44. The normalized spacial score (nSPS) is 24.0. The van der Waals surface area contributed by atoms with Crippen molar-refractivity contribution in [3.05, 3.63) is 0 Å². The van der Waals surface area contributed by atoms with Crippen LogP contribution in [0.5, 0.6) is 0 Å².